The SMILES string of the molecule is O=C1NC(=O)C(Cc2cn(Cc3ccc(OCc4ccccc4)cc3)c3ccccc23)S1. The van der Waals surface area contributed by atoms with E-state index in [1.54, 1.807) is 0 Å². The summed E-state index contributed by atoms with van der Waals surface area (Å²) in [7, 11) is 0. The molecule has 1 saturated heterocycles. The van der Waals surface area contributed by atoms with Gasteiger partial charge in [0.15, 0.2) is 0 Å². The van der Waals surface area contributed by atoms with Gasteiger partial charge in [0.1, 0.15) is 12.4 Å². The quantitative estimate of drug-likeness (QED) is 0.429. The molecule has 6 heteroatoms. The van der Waals surface area contributed by atoms with Crippen LogP contribution in [0.4, 0.5) is 4.79 Å². The van der Waals surface area contributed by atoms with E-state index in [0.29, 0.717) is 19.6 Å². The van der Waals surface area contributed by atoms with Crippen molar-refractivity contribution in [1.82, 2.24) is 9.88 Å². The zero-order chi connectivity index (χ0) is 21.9. The molecule has 1 aliphatic rings. The second kappa shape index (κ2) is 8.93. The van der Waals surface area contributed by atoms with E-state index in [9.17, 15) is 9.59 Å². The highest BCUT2D eigenvalue weighted by molar-refractivity contribution is 8.15. The van der Waals surface area contributed by atoms with Crippen LogP contribution in [-0.4, -0.2) is 21.0 Å². The average molecular weight is 443 g/mol. The number of hydrogen-bond donors (Lipinski definition) is 1. The van der Waals surface area contributed by atoms with Crippen molar-refractivity contribution in [2.75, 3.05) is 0 Å². The number of amides is 2. The summed E-state index contributed by atoms with van der Waals surface area (Å²) in [4.78, 5) is 23.6. The zero-order valence-electron chi connectivity index (χ0n) is 17.4. The summed E-state index contributed by atoms with van der Waals surface area (Å²) >= 11 is 1.07. The minimum atomic E-state index is -0.372. The van der Waals surface area contributed by atoms with Crippen LogP contribution in [0.2, 0.25) is 0 Å². The third kappa shape index (κ3) is 4.41. The Kier molecular flexibility index (Phi) is 5.69. The van der Waals surface area contributed by atoms with Gasteiger partial charge in [-0.25, -0.2) is 0 Å². The van der Waals surface area contributed by atoms with Crippen molar-refractivity contribution in [2.45, 2.75) is 24.8 Å². The number of hydrogen-bond acceptors (Lipinski definition) is 4. The van der Waals surface area contributed by atoms with Gasteiger partial charge in [-0.3, -0.25) is 14.9 Å². The van der Waals surface area contributed by atoms with Crippen molar-refractivity contribution in [2.24, 2.45) is 0 Å². The van der Waals surface area contributed by atoms with Crippen LogP contribution in [0.15, 0.2) is 85.1 Å². The number of carbonyl (C=O) groups is 2. The van der Waals surface area contributed by atoms with Crippen LogP contribution in [0.3, 0.4) is 0 Å². The Morgan fingerprint density at radius 1 is 0.875 bits per heavy atom. The standard InChI is InChI=1S/C26H22N2O3S/c29-25-24(32-26(30)27-25)14-20-16-28(23-9-5-4-8-22(20)23)15-18-10-12-21(13-11-18)31-17-19-6-2-1-3-7-19/h1-13,16,24H,14-15,17H2,(H,27,29,30). The molecule has 0 radical (unpaired) electrons. The van der Waals surface area contributed by atoms with Crippen LogP contribution in [-0.2, 0) is 24.4 Å². The Bertz CT molecular complexity index is 1270. The molecule has 4 aromatic rings. The van der Waals surface area contributed by atoms with E-state index in [4.69, 9.17) is 4.74 Å². The van der Waals surface area contributed by atoms with Crippen molar-refractivity contribution in [3.05, 3.63) is 102 Å². The molecule has 1 atom stereocenters. The summed E-state index contributed by atoms with van der Waals surface area (Å²) in [5.41, 5.74) is 4.48. The Morgan fingerprint density at radius 3 is 2.38 bits per heavy atom. The monoisotopic (exact) mass is 442 g/mol. The molecule has 160 valence electrons. The number of fused-ring (bicyclic) bond motifs is 1. The van der Waals surface area contributed by atoms with Gasteiger partial charge < -0.3 is 9.30 Å². The maximum Gasteiger partial charge on any atom is 0.286 e. The van der Waals surface area contributed by atoms with E-state index in [0.717, 1.165) is 45.1 Å². The highest BCUT2D eigenvalue weighted by Gasteiger charge is 2.32. The molecule has 0 saturated carbocycles. The van der Waals surface area contributed by atoms with Crippen LogP contribution < -0.4 is 10.1 Å². The lowest BCUT2D eigenvalue weighted by Gasteiger charge is -2.09. The molecule has 0 bridgehead atoms. The van der Waals surface area contributed by atoms with Crippen molar-refractivity contribution in [3.63, 3.8) is 0 Å². The molecule has 5 nitrogen and oxygen atoms in total. The molecular weight excluding hydrogens is 420 g/mol. The third-order valence-corrected chi connectivity index (χ3v) is 6.55. The number of nitrogens with one attached hydrogen (secondary N) is 1. The number of nitrogens with zero attached hydrogens (tertiary/aromatic N) is 1. The molecule has 1 unspecified atom stereocenters. The summed E-state index contributed by atoms with van der Waals surface area (Å²) in [5.74, 6) is 0.632. The second-order valence-corrected chi connectivity index (χ2v) is 8.98. The maximum absolute atomic E-state index is 12.0. The fourth-order valence-corrected chi connectivity index (χ4v) is 4.82. The lowest BCUT2D eigenvalue weighted by Crippen LogP contribution is -2.25. The van der Waals surface area contributed by atoms with Gasteiger partial charge in [0.2, 0.25) is 5.91 Å². The minimum absolute atomic E-state index is 0.206. The lowest BCUT2D eigenvalue weighted by atomic mass is 10.1. The van der Waals surface area contributed by atoms with Gasteiger partial charge in [-0.1, -0.05) is 72.4 Å². The smallest absolute Gasteiger partial charge is 0.286 e. The van der Waals surface area contributed by atoms with Gasteiger partial charge in [-0.2, -0.15) is 0 Å². The van der Waals surface area contributed by atoms with E-state index in [1.807, 2.05) is 54.6 Å². The van der Waals surface area contributed by atoms with E-state index in [1.165, 1.54) is 0 Å². The van der Waals surface area contributed by atoms with Crippen LogP contribution in [0.5, 0.6) is 5.75 Å². The fourth-order valence-electron chi connectivity index (χ4n) is 3.97. The maximum atomic E-state index is 12.0. The number of thioether (sulfide) groups is 1. The topological polar surface area (TPSA) is 60.3 Å². The normalized spacial score (nSPS) is 15.8. The van der Waals surface area contributed by atoms with Crippen LogP contribution in [0, 0.1) is 0 Å². The summed E-state index contributed by atoms with van der Waals surface area (Å²) < 4.78 is 8.09. The number of aromatic nitrogens is 1. The van der Waals surface area contributed by atoms with Gasteiger partial charge in [-0.05, 0) is 41.3 Å². The number of carbonyl (C=O) groups excluding carboxylic acids is 2. The Labute approximate surface area is 190 Å². The first-order chi connectivity index (χ1) is 15.7. The van der Waals surface area contributed by atoms with Crippen molar-refractivity contribution >= 4 is 33.8 Å². The predicted octanol–water partition coefficient (Wildman–Crippen LogP) is 5.16. The Morgan fingerprint density at radius 2 is 1.62 bits per heavy atom. The summed E-state index contributed by atoms with van der Waals surface area (Å²) in [6.07, 6.45) is 2.63. The summed E-state index contributed by atoms with van der Waals surface area (Å²) in [6.45, 7) is 1.25. The molecule has 0 spiro atoms. The molecule has 1 aliphatic heterocycles. The molecule has 32 heavy (non-hydrogen) atoms. The van der Waals surface area contributed by atoms with Crippen LogP contribution >= 0.6 is 11.8 Å². The largest absolute Gasteiger partial charge is 0.489 e. The summed E-state index contributed by atoms with van der Waals surface area (Å²) in [5, 5.41) is 2.85. The first-order valence-electron chi connectivity index (χ1n) is 10.5. The first-order valence-corrected chi connectivity index (χ1v) is 11.4. The average Bonchev–Trinajstić information content (AvgIpc) is 3.32. The second-order valence-electron chi connectivity index (χ2n) is 7.80. The summed E-state index contributed by atoms with van der Waals surface area (Å²) in [6, 6.07) is 26.4. The fraction of sp³-hybridized carbons (Fsp3) is 0.154. The number of imide groups is 1. The van der Waals surface area contributed by atoms with Crippen molar-refractivity contribution < 1.29 is 14.3 Å². The third-order valence-electron chi connectivity index (χ3n) is 5.57. The molecule has 2 heterocycles. The molecule has 1 N–H and O–H groups in total. The van der Waals surface area contributed by atoms with Gasteiger partial charge in [0, 0.05) is 23.6 Å². The molecule has 2 amide bonds. The number of rotatable bonds is 7. The number of benzene rings is 3. The molecule has 3 aromatic carbocycles. The Balaban J connectivity index is 1.31. The lowest BCUT2D eigenvalue weighted by molar-refractivity contribution is -0.118. The van der Waals surface area contributed by atoms with Crippen molar-refractivity contribution in [3.8, 4) is 5.75 Å². The molecule has 1 aromatic heterocycles. The van der Waals surface area contributed by atoms with Crippen molar-refractivity contribution in [1.29, 1.82) is 0 Å². The van der Waals surface area contributed by atoms with E-state index in [2.05, 4.69) is 40.3 Å². The van der Waals surface area contributed by atoms with Gasteiger partial charge in [-0.15, -0.1) is 0 Å². The van der Waals surface area contributed by atoms with Gasteiger partial charge >= 0.3 is 0 Å². The molecule has 5 rings (SSSR count). The van der Waals surface area contributed by atoms with Gasteiger partial charge in [0.25, 0.3) is 5.24 Å². The van der Waals surface area contributed by atoms with E-state index >= 15 is 0 Å². The van der Waals surface area contributed by atoms with Crippen LogP contribution in [0.25, 0.3) is 10.9 Å². The highest BCUT2D eigenvalue weighted by Crippen LogP contribution is 2.29. The zero-order valence-corrected chi connectivity index (χ0v) is 18.2. The highest BCUT2D eigenvalue weighted by atomic mass is 32.2. The molecular formula is C26H22N2O3S. The number of para-hydroxylation sites is 1. The van der Waals surface area contributed by atoms with E-state index < -0.39 is 0 Å². The minimum Gasteiger partial charge on any atom is -0.489 e. The first kappa shape index (κ1) is 20.4. The van der Waals surface area contributed by atoms with E-state index in [-0.39, 0.29) is 16.4 Å². The molecule has 1 fully saturated rings. The Hall–Kier alpha value is -3.51. The molecule has 0 aliphatic carbocycles. The van der Waals surface area contributed by atoms with Crippen LogP contribution in [0.1, 0.15) is 16.7 Å². The van der Waals surface area contributed by atoms with Gasteiger partial charge in [0.05, 0.1) is 5.25 Å². The number of ether oxygens (including phenoxy) is 1. The predicted molar refractivity (Wildman–Crippen MR) is 127 cm³/mol.